The van der Waals surface area contributed by atoms with Crippen molar-refractivity contribution >= 4 is 21.1 Å². The van der Waals surface area contributed by atoms with E-state index in [2.05, 4.69) is 43.4 Å². The lowest BCUT2D eigenvalue weighted by molar-refractivity contribution is 0.0711. The van der Waals surface area contributed by atoms with Crippen LogP contribution < -0.4 is 4.72 Å². The third-order valence-corrected chi connectivity index (χ3v) is 11.0. The predicted molar refractivity (Wildman–Crippen MR) is 158 cm³/mol. The molecule has 2 bridgehead atoms. The number of fused-ring (bicyclic) bond motifs is 3. The minimum atomic E-state index is -3.13. The van der Waals surface area contributed by atoms with Gasteiger partial charge in [0.15, 0.2) is 0 Å². The number of likely N-dealkylation sites (tertiary alicyclic amines) is 2. The van der Waals surface area contributed by atoms with Crippen molar-refractivity contribution in [1.82, 2.24) is 24.1 Å². The Hall–Kier alpha value is -1.48. The Labute approximate surface area is 235 Å². The molecule has 4 atom stereocenters. The molecular formula is C31H49N5O2S. The van der Waals surface area contributed by atoms with Gasteiger partial charge < -0.3 is 14.4 Å². The molecule has 4 aliphatic rings. The zero-order chi connectivity index (χ0) is 26.8. The van der Waals surface area contributed by atoms with Crippen molar-refractivity contribution in [3.63, 3.8) is 0 Å². The molecule has 1 unspecified atom stereocenters. The van der Waals surface area contributed by atoms with Crippen molar-refractivity contribution in [2.75, 3.05) is 45.5 Å². The van der Waals surface area contributed by atoms with E-state index in [1.807, 2.05) is 0 Å². The normalized spacial score (nSPS) is 30.0. The highest BCUT2D eigenvalue weighted by molar-refractivity contribution is 7.88. The quantitative estimate of drug-likeness (QED) is 0.505. The van der Waals surface area contributed by atoms with Gasteiger partial charge in [-0.3, -0.25) is 0 Å². The molecule has 0 radical (unpaired) electrons. The first-order chi connectivity index (χ1) is 18.9. The number of benzene rings is 1. The summed E-state index contributed by atoms with van der Waals surface area (Å²) in [5, 5.41) is 0. The largest absolute Gasteiger partial charge is 0.325 e. The van der Waals surface area contributed by atoms with Crippen molar-refractivity contribution in [3.05, 3.63) is 30.1 Å². The monoisotopic (exact) mass is 555 g/mol. The summed E-state index contributed by atoms with van der Waals surface area (Å²) in [6, 6.07) is 10.1. The van der Waals surface area contributed by atoms with Gasteiger partial charge in [0.1, 0.15) is 5.82 Å². The summed E-state index contributed by atoms with van der Waals surface area (Å²) in [7, 11) is -3.13. The molecule has 2 saturated carbocycles. The van der Waals surface area contributed by atoms with Gasteiger partial charge in [-0.1, -0.05) is 37.8 Å². The molecule has 1 aromatic heterocycles. The molecule has 39 heavy (non-hydrogen) atoms. The Morgan fingerprint density at radius 3 is 2.38 bits per heavy atom. The SMILES string of the molecule is CS(=O)(=O)NCCN1CCC[C@@H](Cc2nc3ccccc3n2C2CCN(C3C[C@H]4CCCC[C@@H](C3)C4)CC2)C1. The Kier molecular flexibility index (Phi) is 8.64. The van der Waals surface area contributed by atoms with Gasteiger partial charge in [-0.25, -0.2) is 18.1 Å². The third-order valence-electron chi connectivity index (χ3n) is 10.3. The number of para-hydroxylation sites is 2. The van der Waals surface area contributed by atoms with Crippen molar-refractivity contribution < 1.29 is 8.42 Å². The predicted octanol–water partition coefficient (Wildman–Crippen LogP) is 4.84. The van der Waals surface area contributed by atoms with E-state index in [0.29, 0.717) is 18.5 Å². The summed E-state index contributed by atoms with van der Waals surface area (Å²) < 4.78 is 28.2. The molecule has 2 aromatic rings. The molecule has 4 fully saturated rings. The van der Waals surface area contributed by atoms with Crippen LogP contribution in [0.15, 0.2) is 24.3 Å². The van der Waals surface area contributed by atoms with Crippen LogP contribution in [0.1, 0.15) is 82.5 Å². The molecule has 2 aliphatic heterocycles. The molecule has 8 heteroatoms. The lowest BCUT2D eigenvalue weighted by Crippen LogP contribution is -2.45. The maximum Gasteiger partial charge on any atom is 0.208 e. The average Bonchev–Trinajstić information content (AvgIpc) is 3.19. The van der Waals surface area contributed by atoms with Crippen molar-refractivity contribution in [1.29, 1.82) is 0 Å². The summed E-state index contributed by atoms with van der Waals surface area (Å²) in [6.07, 6.45) is 17.4. The van der Waals surface area contributed by atoms with E-state index in [9.17, 15) is 8.42 Å². The van der Waals surface area contributed by atoms with E-state index in [4.69, 9.17) is 4.98 Å². The number of hydrogen-bond donors (Lipinski definition) is 1. The fourth-order valence-corrected chi connectivity index (χ4v) is 8.95. The smallest absolute Gasteiger partial charge is 0.208 e. The highest BCUT2D eigenvalue weighted by Gasteiger charge is 2.35. The number of nitrogens with one attached hydrogen (secondary N) is 1. The van der Waals surface area contributed by atoms with E-state index in [0.717, 1.165) is 49.4 Å². The molecule has 1 aromatic carbocycles. The summed E-state index contributed by atoms with van der Waals surface area (Å²) in [5.74, 6) is 3.79. The lowest BCUT2D eigenvalue weighted by Gasteiger charge is -2.43. The minimum Gasteiger partial charge on any atom is -0.325 e. The van der Waals surface area contributed by atoms with Crippen LogP contribution in [0.5, 0.6) is 0 Å². The number of nitrogens with zero attached hydrogens (tertiary/aromatic N) is 4. The molecule has 216 valence electrons. The second kappa shape index (κ2) is 12.2. The number of hydrogen-bond acceptors (Lipinski definition) is 5. The summed E-state index contributed by atoms with van der Waals surface area (Å²) in [6.45, 7) is 5.81. The van der Waals surface area contributed by atoms with E-state index in [-0.39, 0.29) is 0 Å². The third kappa shape index (κ3) is 6.88. The first-order valence-electron chi connectivity index (χ1n) is 15.8. The lowest BCUT2D eigenvalue weighted by atomic mass is 9.77. The van der Waals surface area contributed by atoms with Gasteiger partial charge in [0.05, 0.1) is 17.3 Å². The van der Waals surface area contributed by atoms with Gasteiger partial charge in [0.25, 0.3) is 0 Å². The Morgan fingerprint density at radius 2 is 1.64 bits per heavy atom. The average molecular weight is 556 g/mol. The summed E-state index contributed by atoms with van der Waals surface area (Å²) in [5.41, 5.74) is 2.44. The molecule has 6 rings (SSSR count). The van der Waals surface area contributed by atoms with Crippen LogP contribution in [0.25, 0.3) is 11.0 Å². The van der Waals surface area contributed by atoms with E-state index < -0.39 is 10.0 Å². The van der Waals surface area contributed by atoms with Crippen molar-refractivity contribution in [2.24, 2.45) is 17.8 Å². The fraction of sp³-hybridized carbons (Fsp3) is 0.774. The maximum atomic E-state index is 11.5. The molecule has 0 amide bonds. The highest BCUT2D eigenvalue weighted by atomic mass is 32.2. The molecule has 1 N–H and O–H groups in total. The fourth-order valence-electron chi connectivity index (χ4n) is 8.49. The highest BCUT2D eigenvalue weighted by Crippen LogP contribution is 2.41. The van der Waals surface area contributed by atoms with Crippen LogP contribution in [0.4, 0.5) is 0 Å². The van der Waals surface area contributed by atoms with Crippen LogP contribution >= 0.6 is 0 Å². The Morgan fingerprint density at radius 1 is 0.897 bits per heavy atom. The Bertz CT molecular complexity index is 1190. The number of rotatable bonds is 8. The van der Waals surface area contributed by atoms with Crippen LogP contribution in [0.3, 0.4) is 0 Å². The second-order valence-electron chi connectivity index (χ2n) is 13.2. The molecule has 2 saturated heterocycles. The maximum absolute atomic E-state index is 11.5. The number of piperidine rings is 2. The van der Waals surface area contributed by atoms with Crippen LogP contribution in [0.2, 0.25) is 0 Å². The first kappa shape index (κ1) is 27.7. The summed E-state index contributed by atoms with van der Waals surface area (Å²) in [4.78, 5) is 10.5. The van der Waals surface area contributed by atoms with Gasteiger partial charge in [0, 0.05) is 51.2 Å². The topological polar surface area (TPSA) is 70.5 Å². The number of imidazole rings is 1. The van der Waals surface area contributed by atoms with Crippen molar-refractivity contribution in [3.8, 4) is 0 Å². The zero-order valence-electron chi connectivity index (χ0n) is 23.9. The first-order valence-corrected chi connectivity index (χ1v) is 17.7. The van der Waals surface area contributed by atoms with E-state index in [1.165, 1.54) is 101 Å². The second-order valence-corrected chi connectivity index (χ2v) is 15.0. The summed E-state index contributed by atoms with van der Waals surface area (Å²) >= 11 is 0. The molecule has 2 aliphatic carbocycles. The van der Waals surface area contributed by atoms with Gasteiger partial charge in [0.2, 0.25) is 10.0 Å². The van der Waals surface area contributed by atoms with Crippen LogP contribution in [-0.2, 0) is 16.4 Å². The molecule has 0 spiro atoms. The van der Waals surface area contributed by atoms with Gasteiger partial charge in [-0.05, 0) is 81.4 Å². The van der Waals surface area contributed by atoms with E-state index in [1.54, 1.807) is 0 Å². The number of sulfonamides is 1. The van der Waals surface area contributed by atoms with Crippen LogP contribution in [-0.4, -0.2) is 79.3 Å². The Balaban J connectivity index is 1.11. The molecule has 3 heterocycles. The molecular weight excluding hydrogens is 506 g/mol. The van der Waals surface area contributed by atoms with Crippen LogP contribution in [0, 0.1) is 17.8 Å². The number of aromatic nitrogens is 2. The molecule has 7 nitrogen and oxygen atoms in total. The van der Waals surface area contributed by atoms with E-state index >= 15 is 0 Å². The van der Waals surface area contributed by atoms with Gasteiger partial charge >= 0.3 is 0 Å². The standard InChI is InChI=1S/C31H49N5O2S/c1-39(37,38)32-14-18-34-15-6-9-26(23-34)22-31-33-29-10-4-5-11-30(29)36(31)27-12-16-35(17-13-27)28-20-24-7-2-3-8-25(19-24)21-28/h4-5,10-11,24-28,32H,2-3,6-9,12-23H2,1H3/t24-,25+,26-,28?/m0/s1. The zero-order valence-corrected chi connectivity index (χ0v) is 24.8. The van der Waals surface area contributed by atoms with Crippen molar-refractivity contribution in [2.45, 2.75) is 89.1 Å². The van der Waals surface area contributed by atoms with Gasteiger partial charge in [-0.15, -0.1) is 0 Å². The minimum absolute atomic E-state index is 0.491. The van der Waals surface area contributed by atoms with Gasteiger partial charge in [-0.2, -0.15) is 0 Å².